The molecule has 0 unspecified atom stereocenters. The van der Waals surface area contributed by atoms with Gasteiger partial charge in [0, 0.05) is 17.3 Å². The van der Waals surface area contributed by atoms with Crippen molar-refractivity contribution in [2.75, 3.05) is 0 Å². The van der Waals surface area contributed by atoms with E-state index in [1.54, 1.807) is 6.92 Å². The standard InChI is InChI=1S/C9H7N3O2S2/c1-5-11-9(16-12-5)15-7-4-10-3-2-6(7)8(13)14/h2-4H,1H3,(H,13,14). The molecule has 2 heterocycles. The van der Waals surface area contributed by atoms with Crippen molar-refractivity contribution < 1.29 is 9.90 Å². The van der Waals surface area contributed by atoms with Gasteiger partial charge in [0.25, 0.3) is 0 Å². The van der Waals surface area contributed by atoms with E-state index in [9.17, 15) is 4.79 Å². The molecule has 82 valence electrons. The van der Waals surface area contributed by atoms with Gasteiger partial charge in [0.05, 0.1) is 5.56 Å². The lowest BCUT2D eigenvalue weighted by atomic mass is 10.3. The summed E-state index contributed by atoms with van der Waals surface area (Å²) in [7, 11) is 0. The minimum atomic E-state index is -0.967. The second kappa shape index (κ2) is 4.58. The summed E-state index contributed by atoms with van der Waals surface area (Å²) in [4.78, 5) is 19.6. The first-order valence-corrected chi connectivity index (χ1v) is 5.91. The Morgan fingerprint density at radius 3 is 3.00 bits per heavy atom. The first kappa shape index (κ1) is 11.0. The van der Waals surface area contributed by atoms with Gasteiger partial charge in [-0.3, -0.25) is 4.98 Å². The maximum absolute atomic E-state index is 10.9. The van der Waals surface area contributed by atoms with Crippen molar-refractivity contribution in [1.29, 1.82) is 0 Å². The van der Waals surface area contributed by atoms with Gasteiger partial charge < -0.3 is 5.11 Å². The van der Waals surface area contributed by atoms with Gasteiger partial charge in [0.1, 0.15) is 5.82 Å². The van der Waals surface area contributed by atoms with E-state index in [0.717, 1.165) is 0 Å². The van der Waals surface area contributed by atoms with E-state index in [1.807, 2.05) is 0 Å². The van der Waals surface area contributed by atoms with E-state index in [-0.39, 0.29) is 5.56 Å². The van der Waals surface area contributed by atoms with E-state index >= 15 is 0 Å². The Bertz CT molecular complexity index is 527. The number of aryl methyl sites for hydroxylation is 1. The molecule has 0 spiro atoms. The van der Waals surface area contributed by atoms with Crippen LogP contribution in [-0.2, 0) is 0 Å². The highest BCUT2D eigenvalue weighted by Crippen LogP contribution is 2.30. The normalized spacial score (nSPS) is 10.3. The molecule has 2 aromatic heterocycles. The second-order valence-corrected chi connectivity index (χ2v) is 4.93. The van der Waals surface area contributed by atoms with Crippen LogP contribution in [0.5, 0.6) is 0 Å². The molecule has 0 atom stereocenters. The van der Waals surface area contributed by atoms with Crippen LogP contribution in [0.15, 0.2) is 27.7 Å². The number of aromatic nitrogens is 3. The summed E-state index contributed by atoms with van der Waals surface area (Å²) in [5.41, 5.74) is 0.229. The number of carboxylic acids is 1. The third kappa shape index (κ3) is 2.37. The van der Waals surface area contributed by atoms with Crippen molar-refractivity contribution >= 4 is 29.3 Å². The van der Waals surface area contributed by atoms with Crippen LogP contribution < -0.4 is 0 Å². The average Bonchev–Trinajstić information content (AvgIpc) is 2.64. The van der Waals surface area contributed by atoms with Crippen molar-refractivity contribution in [3.8, 4) is 0 Å². The topological polar surface area (TPSA) is 76.0 Å². The fourth-order valence-corrected chi connectivity index (χ4v) is 2.75. The molecule has 0 aliphatic rings. The smallest absolute Gasteiger partial charge is 0.336 e. The maximum Gasteiger partial charge on any atom is 0.336 e. The van der Waals surface area contributed by atoms with Gasteiger partial charge in [-0.15, -0.1) is 0 Å². The Kier molecular flexibility index (Phi) is 3.16. The lowest BCUT2D eigenvalue weighted by molar-refractivity contribution is 0.0693. The van der Waals surface area contributed by atoms with E-state index in [0.29, 0.717) is 15.1 Å². The molecule has 7 heteroatoms. The first-order valence-electron chi connectivity index (χ1n) is 4.32. The molecule has 16 heavy (non-hydrogen) atoms. The van der Waals surface area contributed by atoms with Gasteiger partial charge in [-0.1, -0.05) is 11.8 Å². The monoisotopic (exact) mass is 253 g/mol. The van der Waals surface area contributed by atoms with Crippen LogP contribution in [0, 0.1) is 6.92 Å². The number of carboxylic acid groups (broad SMARTS) is 1. The highest BCUT2D eigenvalue weighted by molar-refractivity contribution is 8.01. The lowest BCUT2D eigenvalue weighted by Gasteiger charge is -2.00. The van der Waals surface area contributed by atoms with E-state index < -0.39 is 5.97 Å². The minimum Gasteiger partial charge on any atom is -0.478 e. The summed E-state index contributed by atoms with van der Waals surface area (Å²) >= 11 is 2.51. The zero-order chi connectivity index (χ0) is 11.5. The highest BCUT2D eigenvalue weighted by Gasteiger charge is 2.12. The summed E-state index contributed by atoms with van der Waals surface area (Å²) in [6.07, 6.45) is 2.98. The third-order valence-electron chi connectivity index (χ3n) is 1.72. The van der Waals surface area contributed by atoms with Crippen LogP contribution in [-0.4, -0.2) is 25.4 Å². The zero-order valence-electron chi connectivity index (χ0n) is 8.25. The number of carbonyl (C=O) groups is 1. The predicted octanol–water partition coefficient (Wildman–Crippen LogP) is 2.09. The van der Waals surface area contributed by atoms with Crippen LogP contribution in [0.3, 0.4) is 0 Å². The summed E-state index contributed by atoms with van der Waals surface area (Å²) in [6.45, 7) is 1.79. The van der Waals surface area contributed by atoms with Gasteiger partial charge in [-0.2, -0.15) is 4.37 Å². The van der Waals surface area contributed by atoms with Crippen LogP contribution in [0.1, 0.15) is 16.2 Å². The Labute approximate surface area is 99.7 Å². The number of nitrogens with zero attached hydrogens (tertiary/aromatic N) is 3. The van der Waals surface area contributed by atoms with Crippen molar-refractivity contribution in [3.05, 3.63) is 29.8 Å². The highest BCUT2D eigenvalue weighted by atomic mass is 32.2. The number of rotatable bonds is 3. The first-order chi connectivity index (χ1) is 7.66. The SMILES string of the molecule is Cc1nsc(Sc2cnccc2C(=O)O)n1. The Morgan fingerprint density at radius 2 is 2.38 bits per heavy atom. The molecule has 2 rings (SSSR count). The largest absolute Gasteiger partial charge is 0.478 e. The van der Waals surface area contributed by atoms with E-state index in [1.165, 1.54) is 41.8 Å². The van der Waals surface area contributed by atoms with Gasteiger partial charge in [-0.25, -0.2) is 9.78 Å². The van der Waals surface area contributed by atoms with Gasteiger partial charge in [0.2, 0.25) is 0 Å². The average molecular weight is 253 g/mol. The summed E-state index contributed by atoms with van der Waals surface area (Å²) in [5.74, 6) is -0.278. The van der Waals surface area contributed by atoms with Crippen LogP contribution >= 0.6 is 23.3 Å². The van der Waals surface area contributed by atoms with Crippen LogP contribution in [0.2, 0.25) is 0 Å². The Hall–Kier alpha value is -1.47. The molecule has 0 fully saturated rings. The maximum atomic E-state index is 10.9. The molecule has 0 aliphatic carbocycles. The molecular formula is C9H7N3O2S2. The fourth-order valence-electron chi connectivity index (χ4n) is 1.05. The summed E-state index contributed by atoms with van der Waals surface area (Å²) in [6, 6.07) is 1.47. The molecule has 0 saturated carbocycles. The number of pyridine rings is 1. The van der Waals surface area contributed by atoms with Gasteiger partial charge >= 0.3 is 5.97 Å². The number of hydrogen-bond acceptors (Lipinski definition) is 6. The molecule has 0 saturated heterocycles. The number of aromatic carboxylic acids is 1. The molecule has 0 bridgehead atoms. The fraction of sp³-hybridized carbons (Fsp3) is 0.111. The van der Waals surface area contributed by atoms with Crippen molar-refractivity contribution in [2.45, 2.75) is 16.2 Å². The predicted molar refractivity (Wildman–Crippen MR) is 60.0 cm³/mol. The number of hydrogen-bond donors (Lipinski definition) is 1. The molecular weight excluding hydrogens is 246 g/mol. The van der Waals surface area contributed by atoms with Crippen LogP contribution in [0.25, 0.3) is 0 Å². The van der Waals surface area contributed by atoms with Crippen molar-refractivity contribution in [3.63, 3.8) is 0 Å². The van der Waals surface area contributed by atoms with E-state index in [4.69, 9.17) is 5.11 Å². The third-order valence-corrected chi connectivity index (χ3v) is 3.61. The molecule has 1 N–H and O–H groups in total. The molecule has 2 aromatic rings. The molecule has 0 amide bonds. The van der Waals surface area contributed by atoms with Gasteiger partial charge in [-0.05, 0) is 24.5 Å². The summed E-state index contributed by atoms with van der Waals surface area (Å²) in [5, 5.41) is 8.98. The molecule has 5 nitrogen and oxygen atoms in total. The summed E-state index contributed by atoms with van der Waals surface area (Å²) < 4.78 is 4.74. The second-order valence-electron chi connectivity index (χ2n) is 2.89. The van der Waals surface area contributed by atoms with E-state index in [2.05, 4.69) is 14.3 Å². The molecule has 0 aliphatic heterocycles. The van der Waals surface area contributed by atoms with Crippen molar-refractivity contribution in [2.24, 2.45) is 0 Å². The lowest BCUT2D eigenvalue weighted by Crippen LogP contribution is -1.98. The molecule has 0 radical (unpaired) electrons. The zero-order valence-corrected chi connectivity index (χ0v) is 9.88. The van der Waals surface area contributed by atoms with Gasteiger partial charge in [0.15, 0.2) is 4.34 Å². The van der Waals surface area contributed by atoms with Crippen molar-refractivity contribution in [1.82, 2.24) is 14.3 Å². The minimum absolute atomic E-state index is 0.229. The Balaban J connectivity index is 2.31. The quantitative estimate of drug-likeness (QED) is 0.902. The Morgan fingerprint density at radius 1 is 1.56 bits per heavy atom. The molecule has 0 aromatic carbocycles. The van der Waals surface area contributed by atoms with Crippen LogP contribution in [0.4, 0.5) is 0 Å².